The van der Waals surface area contributed by atoms with Gasteiger partial charge in [0, 0.05) is 24.4 Å². The Morgan fingerprint density at radius 1 is 1.08 bits per heavy atom. The second-order valence-electron chi connectivity index (χ2n) is 5.76. The van der Waals surface area contributed by atoms with Gasteiger partial charge in [-0.15, -0.1) is 0 Å². The number of amides is 1. The Balaban J connectivity index is 1.92. The number of hydrogen-bond acceptors (Lipinski definition) is 4. The maximum atomic E-state index is 14.2. The highest BCUT2D eigenvalue weighted by atomic mass is 19.1. The third-order valence-electron chi connectivity index (χ3n) is 4.08. The number of halogens is 1. The number of hydrogen-bond donors (Lipinski definition) is 0. The number of hydrazone groups is 1. The number of carboxylic acids is 1. The summed E-state index contributed by atoms with van der Waals surface area (Å²) in [5.74, 6) is -2.19. The van der Waals surface area contributed by atoms with Crippen molar-refractivity contribution in [2.45, 2.75) is 25.3 Å². The summed E-state index contributed by atoms with van der Waals surface area (Å²) in [4.78, 5) is 23.1. The van der Waals surface area contributed by atoms with Crippen LogP contribution in [0.1, 0.15) is 36.4 Å². The topological polar surface area (TPSA) is 72.8 Å². The minimum atomic E-state index is -1.30. The van der Waals surface area contributed by atoms with Crippen molar-refractivity contribution in [3.05, 3.63) is 71.5 Å². The van der Waals surface area contributed by atoms with Gasteiger partial charge in [-0.1, -0.05) is 48.5 Å². The van der Waals surface area contributed by atoms with Gasteiger partial charge in [0.15, 0.2) is 0 Å². The van der Waals surface area contributed by atoms with E-state index in [0.717, 1.165) is 5.56 Å². The molecule has 128 valence electrons. The lowest BCUT2D eigenvalue weighted by atomic mass is 9.98. The van der Waals surface area contributed by atoms with Gasteiger partial charge in [-0.05, 0) is 18.1 Å². The molecule has 1 aliphatic rings. The molecule has 1 amide bonds. The van der Waals surface area contributed by atoms with Gasteiger partial charge in [0.1, 0.15) is 5.82 Å². The minimum absolute atomic E-state index is 0.237. The van der Waals surface area contributed by atoms with E-state index in [9.17, 15) is 19.1 Å². The van der Waals surface area contributed by atoms with Gasteiger partial charge in [-0.25, -0.2) is 9.40 Å². The molecule has 3 rings (SSSR count). The van der Waals surface area contributed by atoms with Gasteiger partial charge < -0.3 is 9.90 Å². The Bertz CT molecular complexity index is 820. The molecule has 5 nitrogen and oxygen atoms in total. The van der Waals surface area contributed by atoms with Gasteiger partial charge in [-0.2, -0.15) is 5.10 Å². The lowest BCUT2D eigenvalue weighted by Crippen LogP contribution is -2.30. The van der Waals surface area contributed by atoms with Crippen LogP contribution >= 0.6 is 0 Å². The van der Waals surface area contributed by atoms with Gasteiger partial charge in [0.2, 0.25) is 5.91 Å². The number of carboxylic acid groups (broad SMARTS) is 1. The molecule has 1 heterocycles. The van der Waals surface area contributed by atoms with Crippen LogP contribution in [-0.4, -0.2) is 22.6 Å². The van der Waals surface area contributed by atoms with Crippen LogP contribution in [0, 0.1) is 5.82 Å². The summed E-state index contributed by atoms with van der Waals surface area (Å²) in [6, 6.07) is 15.0. The third-order valence-corrected chi connectivity index (χ3v) is 4.08. The molecule has 6 heteroatoms. The fraction of sp³-hybridized carbons (Fsp3) is 0.211. The molecule has 0 aliphatic carbocycles. The zero-order chi connectivity index (χ0) is 17.8. The predicted octanol–water partition coefficient (Wildman–Crippen LogP) is 2.03. The smallest absolute Gasteiger partial charge is 0.243 e. The minimum Gasteiger partial charge on any atom is -0.550 e. The predicted molar refractivity (Wildman–Crippen MR) is 87.8 cm³/mol. The van der Waals surface area contributed by atoms with E-state index < -0.39 is 30.2 Å². The number of carbonyl (C=O) groups excluding carboxylic acids is 2. The maximum Gasteiger partial charge on any atom is 0.243 e. The Morgan fingerprint density at radius 3 is 2.44 bits per heavy atom. The average molecular weight is 339 g/mol. The van der Waals surface area contributed by atoms with Crippen LogP contribution in [0.5, 0.6) is 0 Å². The molecular formula is C19H16FN2O3-. The van der Waals surface area contributed by atoms with Crippen LogP contribution in [0.15, 0.2) is 59.7 Å². The van der Waals surface area contributed by atoms with Crippen molar-refractivity contribution >= 4 is 17.6 Å². The summed E-state index contributed by atoms with van der Waals surface area (Å²) in [6.45, 7) is 0. The Labute approximate surface area is 144 Å². The highest BCUT2D eigenvalue weighted by Crippen LogP contribution is 2.34. The molecule has 1 atom stereocenters. The van der Waals surface area contributed by atoms with Crippen LogP contribution in [0.3, 0.4) is 0 Å². The molecule has 0 N–H and O–H groups in total. The summed E-state index contributed by atoms with van der Waals surface area (Å²) < 4.78 is 14.2. The maximum absolute atomic E-state index is 14.2. The normalized spacial score (nSPS) is 16.6. The van der Waals surface area contributed by atoms with Crippen LogP contribution in [-0.2, 0) is 9.59 Å². The SMILES string of the molecule is O=C([O-])CCC(=O)N1N=C(c2ccccc2)C[C@H]1c1ccccc1F. The van der Waals surface area contributed by atoms with E-state index >= 15 is 0 Å². The highest BCUT2D eigenvalue weighted by molar-refractivity contribution is 6.03. The third kappa shape index (κ3) is 3.74. The lowest BCUT2D eigenvalue weighted by molar-refractivity contribution is -0.305. The van der Waals surface area contributed by atoms with E-state index in [-0.39, 0.29) is 6.42 Å². The van der Waals surface area contributed by atoms with E-state index in [1.54, 1.807) is 18.2 Å². The first-order valence-electron chi connectivity index (χ1n) is 7.95. The number of aliphatic carboxylic acids is 1. The number of rotatable bonds is 5. The van der Waals surface area contributed by atoms with Gasteiger partial charge >= 0.3 is 0 Å². The Kier molecular flexibility index (Phi) is 4.88. The largest absolute Gasteiger partial charge is 0.550 e. The van der Waals surface area contributed by atoms with Crippen LogP contribution in [0.4, 0.5) is 4.39 Å². The number of nitrogens with zero attached hydrogens (tertiary/aromatic N) is 2. The Hall–Kier alpha value is -3.02. The zero-order valence-corrected chi connectivity index (χ0v) is 13.4. The van der Waals surface area contributed by atoms with E-state index in [4.69, 9.17) is 0 Å². The molecule has 25 heavy (non-hydrogen) atoms. The first kappa shape index (κ1) is 16.8. The molecular weight excluding hydrogens is 323 g/mol. The molecule has 0 aromatic heterocycles. The second-order valence-corrected chi connectivity index (χ2v) is 5.76. The van der Waals surface area contributed by atoms with Gasteiger partial charge in [0.25, 0.3) is 0 Å². The van der Waals surface area contributed by atoms with E-state index in [0.29, 0.717) is 17.7 Å². The van der Waals surface area contributed by atoms with Crippen molar-refractivity contribution in [2.24, 2.45) is 5.10 Å². The highest BCUT2D eigenvalue weighted by Gasteiger charge is 2.34. The summed E-state index contributed by atoms with van der Waals surface area (Å²) >= 11 is 0. The number of carbonyl (C=O) groups is 2. The fourth-order valence-corrected chi connectivity index (χ4v) is 2.86. The first-order chi connectivity index (χ1) is 12.1. The molecule has 0 saturated heterocycles. The molecule has 0 spiro atoms. The molecule has 0 radical (unpaired) electrons. The number of benzene rings is 2. The van der Waals surface area contributed by atoms with Crippen molar-refractivity contribution in [3.63, 3.8) is 0 Å². The summed E-state index contributed by atoms with van der Waals surface area (Å²) in [5.41, 5.74) is 1.87. The molecule has 0 unspecified atom stereocenters. The van der Waals surface area contributed by atoms with Gasteiger partial charge in [-0.3, -0.25) is 4.79 Å². The van der Waals surface area contributed by atoms with E-state index in [1.807, 2.05) is 30.3 Å². The molecule has 0 saturated carbocycles. The van der Waals surface area contributed by atoms with Crippen LogP contribution < -0.4 is 5.11 Å². The summed E-state index contributed by atoms with van der Waals surface area (Å²) in [5, 5.41) is 16.2. The summed E-state index contributed by atoms with van der Waals surface area (Å²) in [7, 11) is 0. The van der Waals surface area contributed by atoms with Crippen molar-refractivity contribution in [1.29, 1.82) is 0 Å². The molecule has 0 bridgehead atoms. The first-order valence-corrected chi connectivity index (χ1v) is 7.95. The molecule has 2 aromatic rings. The van der Waals surface area contributed by atoms with Crippen molar-refractivity contribution in [1.82, 2.24) is 5.01 Å². The van der Waals surface area contributed by atoms with Crippen LogP contribution in [0.25, 0.3) is 0 Å². The lowest BCUT2D eigenvalue weighted by Gasteiger charge is -2.22. The fourth-order valence-electron chi connectivity index (χ4n) is 2.86. The van der Waals surface area contributed by atoms with E-state index in [2.05, 4.69) is 5.10 Å². The standard InChI is InChI=1S/C19H17FN2O3/c20-15-9-5-4-8-14(15)17-12-16(13-6-2-1-3-7-13)21-22(17)18(23)10-11-19(24)25/h1-9,17H,10-12H2,(H,24,25)/p-1/t17-/m0/s1. The Morgan fingerprint density at radius 2 is 1.76 bits per heavy atom. The van der Waals surface area contributed by atoms with E-state index in [1.165, 1.54) is 11.1 Å². The average Bonchev–Trinajstić information content (AvgIpc) is 3.06. The molecule has 1 aliphatic heterocycles. The van der Waals surface area contributed by atoms with Gasteiger partial charge in [0.05, 0.1) is 11.8 Å². The van der Waals surface area contributed by atoms with Crippen molar-refractivity contribution < 1.29 is 19.1 Å². The van der Waals surface area contributed by atoms with Crippen LogP contribution in [0.2, 0.25) is 0 Å². The molecule has 2 aromatic carbocycles. The second kappa shape index (κ2) is 7.25. The van der Waals surface area contributed by atoms with Crippen molar-refractivity contribution in [3.8, 4) is 0 Å². The zero-order valence-electron chi connectivity index (χ0n) is 13.4. The summed E-state index contributed by atoms with van der Waals surface area (Å²) in [6.07, 6.45) is -0.267. The van der Waals surface area contributed by atoms with Crippen molar-refractivity contribution in [2.75, 3.05) is 0 Å². The molecule has 0 fully saturated rings. The monoisotopic (exact) mass is 339 g/mol. The quantitative estimate of drug-likeness (QED) is 0.837.